The van der Waals surface area contributed by atoms with E-state index in [1.165, 1.54) is 21.6 Å². The molecule has 0 bridgehead atoms. The van der Waals surface area contributed by atoms with Crippen LogP contribution < -0.4 is 11.1 Å². The Kier molecular flexibility index (Phi) is 3.72. The van der Waals surface area contributed by atoms with Crippen LogP contribution in [0.5, 0.6) is 0 Å². The molecule has 6 nitrogen and oxygen atoms in total. The van der Waals surface area contributed by atoms with Crippen LogP contribution in [-0.4, -0.2) is 22.0 Å². The van der Waals surface area contributed by atoms with Crippen LogP contribution in [0.25, 0.3) is 11.1 Å². The number of fused-ring (bicyclic) bond motifs is 2. The van der Waals surface area contributed by atoms with Crippen LogP contribution >= 0.6 is 11.3 Å². The molecule has 0 aliphatic heterocycles. The van der Waals surface area contributed by atoms with Gasteiger partial charge in [0.25, 0.3) is 5.91 Å². The van der Waals surface area contributed by atoms with E-state index in [2.05, 4.69) is 10.3 Å². The lowest BCUT2D eigenvalue weighted by Gasteiger charge is -2.04. The first-order valence-corrected chi connectivity index (χ1v) is 8.79. The van der Waals surface area contributed by atoms with Crippen molar-refractivity contribution in [2.45, 2.75) is 25.7 Å². The molecule has 1 N–H and O–H groups in total. The Morgan fingerprint density at radius 3 is 3.12 bits per heavy atom. The van der Waals surface area contributed by atoms with Crippen LogP contribution in [-0.2, 0) is 26.3 Å². The number of benzene rings is 1. The van der Waals surface area contributed by atoms with Crippen LogP contribution in [0.1, 0.15) is 32.4 Å². The predicted octanol–water partition coefficient (Wildman–Crippen LogP) is 2.05. The molecule has 24 heavy (non-hydrogen) atoms. The number of hydrogen-bond donors (Lipinski definition) is 1. The van der Waals surface area contributed by atoms with Crippen molar-refractivity contribution in [3.63, 3.8) is 0 Å². The van der Waals surface area contributed by atoms with Crippen molar-refractivity contribution in [1.82, 2.24) is 14.9 Å². The molecule has 7 heteroatoms. The maximum atomic E-state index is 12.3. The van der Waals surface area contributed by atoms with Crippen molar-refractivity contribution in [3.05, 3.63) is 49.9 Å². The highest BCUT2D eigenvalue weighted by atomic mass is 32.1. The molecule has 1 aliphatic rings. The Morgan fingerprint density at radius 1 is 1.42 bits per heavy atom. The lowest BCUT2D eigenvalue weighted by molar-refractivity contribution is 0.0954. The fourth-order valence-corrected chi connectivity index (χ4v) is 4.16. The normalized spacial score (nSPS) is 13.4. The first-order valence-electron chi connectivity index (χ1n) is 7.97. The molecule has 0 atom stereocenters. The summed E-state index contributed by atoms with van der Waals surface area (Å²) >= 11 is 1.76. The number of hydrogen-bond acceptors (Lipinski definition) is 5. The first kappa shape index (κ1) is 15.1. The van der Waals surface area contributed by atoms with Crippen LogP contribution in [0.2, 0.25) is 0 Å². The number of carbonyl (C=O) groups excluding carboxylic acids is 1. The van der Waals surface area contributed by atoms with Gasteiger partial charge in [0.1, 0.15) is 0 Å². The van der Waals surface area contributed by atoms with E-state index in [0.29, 0.717) is 23.2 Å². The van der Waals surface area contributed by atoms with Gasteiger partial charge >= 0.3 is 5.76 Å². The molecule has 0 unspecified atom stereocenters. The van der Waals surface area contributed by atoms with E-state index in [1.54, 1.807) is 36.6 Å². The number of nitrogens with zero attached hydrogens (tertiary/aromatic N) is 2. The molecule has 2 aromatic heterocycles. The highest BCUT2D eigenvalue weighted by Gasteiger charge is 2.16. The molecule has 3 aromatic rings. The van der Waals surface area contributed by atoms with E-state index in [0.717, 1.165) is 24.3 Å². The SMILES string of the molecule is Cn1c(=O)oc2ccc(C(=O)NCCc3nc4c(s3)CCC4)cc21. The zero-order chi connectivity index (χ0) is 16.7. The van der Waals surface area contributed by atoms with Crippen molar-refractivity contribution in [3.8, 4) is 0 Å². The van der Waals surface area contributed by atoms with Crippen molar-refractivity contribution in [2.75, 3.05) is 6.54 Å². The van der Waals surface area contributed by atoms with Crippen molar-refractivity contribution < 1.29 is 9.21 Å². The fraction of sp³-hybridized carbons (Fsp3) is 0.353. The Bertz CT molecular complexity index is 961. The van der Waals surface area contributed by atoms with Gasteiger partial charge in [0.2, 0.25) is 0 Å². The molecule has 0 saturated carbocycles. The van der Waals surface area contributed by atoms with E-state index >= 15 is 0 Å². The standard InChI is InChI=1S/C17H17N3O3S/c1-20-12-9-10(5-6-13(12)23-17(20)22)16(21)18-8-7-15-19-11-3-2-4-14(11)24-15/h5-6,9H,2-4,7-8H2,1H3,(H,18,21). The van der Waals surface area contributed by atoms with Gasteiger partial charge in [-0.2, -0.15) is 0 Å². The lowest BCUT2D eigenvalue weighted by atomic mass is 10.2. The zero-order valence-corrected chi connectivity index (χ0v) is 14.1. The maximum absolute atomic E-state index is 12.3. The van der Waals surface area contributed by atoms with Crippen molar-refractivity contribution in [1.29, 1.82) is 0 Å². The molecule has 0 spiro atoms. The van der Waals surface area contributed by atoms with Crippen LogP contribution in [0.15, 0.2) is 27.4 Å². The second-order valence-electron chi connectivity index (χ2n) is 5.95. The summed E-state index contributed by atoms with van der Waals surface area (Å²) in [4.78, 5) is 29.8. The number of thiazole rings is 1. The van der Waals surface area contributed by atoms with Crippen LogP contribution in [0.4, 0.5) is 0 Å². The van der Waals surface area contributed by atoms with Gasteiger partial charge in [-0.1, -0.05) is 0 Å². The van der Waals surface area contributed by atoms with Gasteiger partial charge in [-0.05, 0) is 37.5 Å². The lowest BCUT2D eigenvalue weighted by Crippen LogP contribution is -2.25. The maximum Gasteiger partial charge on any atom is 0.419 e. The molecular formula is C17H17N3O3S. The van der Waals surface area contributed by atoms with Crippen molar-refractivity contribution in [2.24, 2.45) is 7.05 Å². The van der Waals surface area contributed by atoms with Gasteiger partial charge in [0.05, 0.1) is 16.2 Å². The number of carbonyl (C=O) groups is 1. The Balaban J connectivity index is 1.42. The largest absolute Gasteiger partial charge is 0.419 e. The van der Waals surface area contributed by atoms with Gasteiger partial charge in [-0.3, -0.25) is 9.36 Å². The molecule has 1 aromatic carbocycles. The minimum Gasteiger partial charge on any atom is -0.408 e. The van der Waals surface area contributed by atoms with Crippen molar-refractivity contribution >= 4 is 28.3 Å². The number of oxazole rings is 1. The van der Waals surface area contributed by atoms with E-state index in [4.69, 9.17) is 4.42 Å². The van der Waals surface area contributed by atoms with Gasteiger partial charge in [0, 0.05) is 30.5 Å². The highest BCUT2D eigenvalue weighted by Crippen LogP contribution is 2.27. The third-order valence-electron chi connectivity index (χ3n) is 4.32. The summed E-state index contributed by atoms with van der Waals surface area (Å²) in [5.41, 5.74) is 2.86. The van der Waals surface area contributed by atoms with Gasteiger partial charge in [0.15, 0.2) is 5.58 Å². The molecule has 4 rings (SSSR count). The topological polar surface area (TPSA) is 77.1 Å². The predicted molar refractivity (Wildman–Crippen MR) is 91.6 cm³/mol. The number of aromatic nitrogens is 2. The molecule has 0 radical (unpaired) electrons. The van der Waals surface area contributed by atoms with E-state index in [1.807, 2.05) is 0 Å². The van der Waals surface area contributed by atoms with E-state index in [9.17, 15) is 9.59 Å². The third kappa shape index (κ3) is 2.65. The average molecular weight is 343 g/mol. The molecule has 0 saturated heterocycles. The number of amides is 1. The zero-order valence-electron chi connectivity index (χ0n) is 13.3. The highest BCUT2D eigenvalue weighted by molar-refractivity contribution is 7.11. The monoisotopic (exact) mass is 343 g/mol. The third-order valence-corrected chi connectivity index (χ3v) is 5.54. The smallest absolute Gasteiger partial charge is 0.408 e. The van der Waals surface area contributed by atoms with E-state index < -0.39 is 5.76 Å². The summed E-state index contributed by atoms with van der Waals surface area (Å²) < 4.78 is 6.46. The van der Waals surface area contributed by atoms with Gasteiger partial charge in [-0.15, -0.1) is 11.3 Å². The molecule has 1 amide bonds. The molecule has 124 valence electrons. The number of rotatable bonds is 4. The van der Waals surface area contributed by atoms with Crippen LogP contribution in [0, 0.1) is 0 Å². The minimum absolute atomic E-state index is 0.158. The van der Waals surface area contributed by atoms with Crippen LogP contribution in [0.3, 0.4) is 0 Å². The van der Waals surface area contributed by atoms with Gasteiger partial charge in [-0.25, -0.2) is 9.78 Å². The second-order valence-corrected chi connectivity index (χ2v) is 7.11. The first-order chi connectivity index (χ1) is 11.6. The molecule has 2 heterocycles. The summed E-state index contributed by atoms with van der Waals surface area (Å²) in [5, 5.41) is 4.00. The number of aryl methyl sites for hydroxylation is 3. The Morgan fingerprint density at radius 2 is 2.29 bits per heavy atom. The second kappa shape index (κ2) is 5.90. The summed E-state index contributed by atoms with van der Waals surface area (Å²) in [6.07, 6.45) is 4.18. The van der Waals surface area contributed by atoms with Gasteiger partial charge < -0.3 is 9.73 Å². The summed E-state index contributed by atoms with van der Waals surface area (Å²) in [7, 11) is 1.62. The Hall–Kier alpha value is -2.41. The molecule has 1 aliphatic carbocycles. The average Bonchev–Trinajstić information content (AvgIpc) is 3.22. The quantitative estimate of drug-likeness (QED) is 0.786. The fourth-order valence-electron chi connectivity index (χ4n) is 3.00. The molecular weight excluding hydrogens is 326 g/mol. The van der Waals surface area contributed by atoms with E-state index in [-0.39, 0.29) is 5.91 Å². The number of nitrogens with one attached hydrogen (secondary N) is 1. The molecule has 0 fully saturated rings. The summed E-state index contributed by atoms with van der Waals surface area (Å²) in [6.45, 7) is 0.549. The Labute approximate surface area is 142 Å². The summed E-state index contributed by atoms with van der Waals surface area (Å²) in [6, 6.07) is 4.99. The minimum atomic E-state index is -0.431. The summed E-state index contributed by atoms with van der Waals surface area (Å²) in [5.74, 6) is -0.589.